The number of amides is 1. The van der Waals surface area contributed by atoms with Crippen molar-refractivity contribution in [1.82, 2.24) is 4.90 Å². The van der Waals surface area contributed by atoms with Crippen LogP contribution < -0.4 is 5.73 Å². The zero-order valence-electron chi connectivity index (χ0n) is 7.26. The number of allylic oxidation sites excluding steroid dienone is 1. The molecule has 0 rings (SSSR count). The molecule has 0 fully saturated rings. The van der Waals surface area contributed by atoms with Crippen molar-refractivity contribution in [3.63, 3.8) is 0 Å². The van der Waals surface area contributed by atoms with Crippen LogP contribution in [0.2, 0.25) is 0 Å². The second-order valence-electron chi connectivity index (χ2n) is 2.62. The van der Waals surface area contributed by atoms with Crippen molar-refractivity contribution in [2.75, 3.05) is 13.1 Å². The molecule has 0 atom stereocenters. The summed E-state index contributed by atoms with van der Waals surface area (Å²) in [6.45, 7) is 8.80. The number of rotatable bonds is 5. The zero-order chi connectivity index (χ0) is 8.85. The van der Waals surface area contributed by atoms with Gasteiger partial charge in [0.15, 0.2) is 0 Å². The van der Waals surface area contributed by atoms with Crippen molar-refractivity contribution < 1.29 is 4.79 Å². The average molecular weight is 156 g/mol. The van der Waals surface area contributed by atoms with E-state index in [2.05, 4.69) is 13.5 Å². The molecule has 0 aromatic carbocycles. The van der Waals surface area contributed by atoms with Gasteiger partial charge < -0.3 is 10.6 Å². The Hall–Kier alpha value is -0.990. The second kappa shape index (κ2) is 4.77. The van der Waals surface area contributed by atoms with Crippen LogP contribution in [0.4, 0.5) is 0 Å². The molecule has 3 heteroatoms. The lowest BCUT2D eigenvalue weighted by molar-refractivity contribution is -0.118. The Kier molecular flexibility index (Phi) is 4.34. The Morgan fingerprint density at radius 3 is 2.45 bits per heavy atom. The summed E-state index contributed by atoms with van der Waals surface area (Å²) in [5, 5.41) is 0. The number of carbonyl (C=O) groups is 1. The molecular formula is C8H16N2O. The van der Waals surface area contributed by atoms with Crippen molar-refractivity contribution in [2.24, 2.45) is 5.73 Å². The molecule has 0 unspecified atom stereocenters. The fraction of sp³-hybridized carbons (Fsp3) is 0.625. The first kappa shape index (κ1) is 10.0. The molecule has 0 aromatic rings. The van der Waals surface area contributed by atoms with Gasteiger partial charge in [0.25, 0.3) is 0 Å². The molecule has 64 valence electrons. The molecule has 0 spiro atoms. The van der Waals surface area contributed by atoms with Crippen LogP contribution in [-0.4, -0.2) is 23.9 Å². The van der Waals surface area contributed by atoms with Crippen LogP contribution in [0.5, 0.6) is 0 Å². The SMILES string of the molecule is C=C(C)N(CCC)CC(N)=O. The van der Waals surface area contributed by atoms with Crippen LogP contribution in [0.3, 0.4) is 0 Å². The largest absolute Gasteiger partial charge is 0.368 e. The van der Waals surface area contributed by atoms with Gasteiger partial charge in [0.05, 0.1) is 6.54 Å². The summed E-state index contributed by atoms with van der Waals surface area (Å²) in [6, 6.07) is 0. The number of carbonyl (C=O) groups excluding carboxylic acids is 1. The molecule has 0 aliphatic rings. The van der Waals surface area contributed by atoms with E-state index < -0.39 is 0 Å². The van der Waals surface area contributed by atoms with E-state index in [-0.39, 0.29) is 12.5 Å². The summed E-state index contributed by atoms with van der Waals surface area (Å²) >= 11 is 0. The van der Waals surface area contributed by atoms with Crippen LogP contribution in [0.1, 0.15) is 20.3 Å². The number of hydrogen-bond acceptors (Lipinski definition) is 2. The van der Waals surface area contributed by atoms with E-state index in [4.69, 9.17) is 5.73 Å². The smallest absolute Gasteiger partial charge is 0.236 e. The summed E-state index contributed by atoms with van der Waals surface area (Å²) in [7, 11) is 0. The summed E-state index contributed by atoms with van der Waals surface area (Å²) in [5.74, 6) is -0.304. The normalized spacial score (nSPS) is 9.27. The lowest BCUT2D eigenvalue weighted by Crippen LogP contribution is -2.32. The van der Waals surface area contributed by atoms with Gasteiger partial charge in [-0.15, -0.1) is 0 Å². The van der Waals surface area contributed by atoms with Crippen molar-refractivity contribution in [1.29, 1.82) is 0 Å². The molecule has 0 saturated heterocycles. The van der Waals surface area contributed by atoms with E-state index in [1.807, 2.05) is 11.8 Å². The number of hydrogen-bond donors (Lipinski definition) is 1. The molecule has 0 heterocycles. The number of primary amides is 1. The molecule has 11 heavy (non-hydrogen) atoms. The second-order valence-corrected chi connectivity index (χ2v) is 2.62. The summed E-state index contributed by atoms with van der Waals surface area (Å²) in [6.07, 6.45) is 1.00. The van der Waals surface area contributed by atoms with E-state index >= 15 is 0 Å². The Labute approximate surface area is 67.9 Å². The van der Waals surface area contributed by atoms with Crippen LogP contribution in [0, 0.1) is 0 Å². The quantitative estimate of drug-likeness (QED) is 0.637. The lowest BCUT2D eigenvalue weighted by atomic mass is 10.3. The zero-order valence-corrected chi connectivity index (χ0v) is 7.26. The first-order valence-corrected chi connectivity index (χ1v) is 3.76. The van der Waals surface area contributed by atoms with Gasteiger partial charge in [-0.1, -0.05) is 13.5 Å². The minimum Gasteiger partial charge on any atom is -0.368 e. The van der Waals surface area contributed by atoms with Crippen molar-refractivity contribution in [3.8, 4) is 0 Å². The van der Waals surface area contributed by atoms with Gasteiger partial charge in [-0.2, -0.15) is 0 Å². The van der Waals surface area contributed by atoms with Gasteiger partial charge in [0, 0.05) is 12.2 Å². The van der Waals surface area contributed by atoms with E-state index in [1.165, 1.54) is 0 Å². The molecule has 1 amide bonds. The van der Waals surface area contributed by atoms with E-state index in [0.29, 0.717) is 0 Å². The van der Waals surface area contributed by atoms with Crippen molar-refractivity contribution in [3.05, 3.63) is 12.3 Å². The van der Waals surface area contributed by atoms with Gasteiger partial charge in [0.1, 0.15) is 0 Å². The molecular weight excluding hydrogens is 140 g/mol. The predicted molar refractivity (Wildman–Crippen MR) is 45.9 cm³/mol. The lowest BCUT2D eigenvalue weighted by Gasteiger charge is -2.21. The van der Waals surface area contributed by atoms with Crippen LogP contribution in [0.25, 0.3) is 0 Å². The van der Waals surface area contributed by atoms with Gasteiger partial charge in [-0.05, 0) is 13.3 Å². The molecule has 0 radical (unpaired) electrons. The summed E-state index contributed by atoms with van der Waals surface area (Å²) in [5.41, 5.74) is 5.93. The first-order valence-electron chi connectivity index (χ1n) is 3.76. The highest BCUT2D eigenvalue weighted by atomic mass is 16.1. The fourth-order valence-corrected chi connectivity index (χ4v) is 0.863. The van der Waals surface area contributed by atoms with E-state index in [1.54, 1.807) is 0 Å². The molecule has 0 saturated carbocycles. The molecule has 0 aliphatic heterocycles. The third-order valence-corrected chi connectivity index (χ3v) is 1.38. The third kappa shape index (κ3) is 4.42. The predicted octanol–water partition coefficient (Wildman–Crippen LogP) is 0.717. The Morgan fingerprint density at radius 2 is 2.18 bits per heavy atom. The Bertz CT molecular complexity index is 154. The monoisotopic (exact) mass is 156 g/mol. The van der Waals surface area contributed by atoms with Crippen LogP contribution in [0.15, 0.2) is 12.3 Å². The first-order chi connectivity index (χ1) is 5.07. The van der Waals surface area contributed by atoms with Crippen LogP contribution in [-0.2, 0) is 4.79 Å². The Balaban J connectivity index is 3.89. The Morgan fingerprint density at radius 1 is 1.64 bits per heavy atom. The molecule has 0 aliphatic carbocycles. The average Bonchev–Trinajstić information content (AvgIpc) is 1.86. The van der Waals surface area contributed by atoms with Gasteiger partial charge >= 0.3 is 0 Å². The van der Waals surface area contributed by atoms with E-state index in [9.17, 15) is 4.79 Å². The van der Waals surface area contributed by atoms with Gasteiger partial charge in [0.2, 0.25) is 5.91 Å². The van der Waals surface area contributed by atoms with Gasteiger partial charge in [-0.3, -0.25) is 4.79 Å². The molecule has 3 nitrogen and oxygen atoms in total. The van der Waals surface area contributed by atoms with E-state index in [0.717, 1.165) is 18.7 Å². The third-order valence-electron chi connectivity index (χ3n) is 1.38. The highest BCUT2D eigenvalue weighted by Gasteiger charge is 2.04. The summed E-state index contributed by atoms with van der Waals surface area (Å²) in [4.78, 5) is 12.4. The fourth-order valence-electron chi connectivity index (χ4n) is 0.863. The number of nitrogens with two attached hydrogens (primary N) is 1. The van der Waals surface area contributed by atoms with Crippen molar-refractivity contribution >= 4 is 5.91 Å². The minimum atomic E-state index is -0.304. The maximum absolute atomic E-state index is 10.5. The highest BCUT2D eigenvalue weighted by molar-refractivity contribution is 5.76. The maximum atomic E-state index is 10.5. The standard InChI is InChI=1S/C8H16N2O/c1-4-5-10(7(2)3)6-8(9)11/h2,4-6H2,1,3H3,(H2,9,11). The summed E-state index contributed by atoms with van der Waals surface area (Å²) < 4.78 is 0. The van der Waals surface area contributed by atoms with Gasteiger partial charge in [-0.25, -0.2) is 0 Å². The molecule has 2 N–H and O–H groups in total. The minimum absolute atomic E-state index is 0.281. The van der Waals surface area contributed by atoms with Crippen LogP contribution >= 0.6 is 0 Å². The highest BCUT2D eigenvalue weighted by Crippen LogP contribution is 1.99. The molecule has 0 bridgehead atoms. The molecule has 0 aromatic heterocycles. The van der Waals surface area contributed by atoms with Crippen molar-refractivity contribution in [2.45, 2.75) is 20.3 Å². The number of nitrogens with zero attached hydrogens (tertiary/aromatic N) is 1. The maximum Gasteiger partial charge on any atom is 0.236 e. The topological polar surface area (TPSA) is 46.3 Å².